The summed E-state index contributed by atoms with van der Waals surface area (Å²) in [6.45, 7) is 7.93. The van der Waals surface area contributed by atoms with Crippen LogP contribution in [0.2, 0.25) is 0 Å². The molecule has 1 aromatic heterocycles. The number of thioether (sulfide) groups is 1. The van der Waals surface area contributed by atoms with E-state index < -0.39 is 0 Å². The van der Waals surface area contributed by atoms with Crippen molar-refractivity contribution in [1.29, 1.82) is 0 Å². The number of hydrogen-bond acceptors (Lipinski definition) is 6. The predicted molar refractivity (Wildman–Crippen MR) is 106 cm³/mol. The van der Waals surface area contributed by atoms with Crippen LogP contribution in [-0.4, -0.2) is 59.7 Å². The van der Waals surface area contributed by atoms with Gasteiger partial charge < -0.3 is 19.1 Å². The minimum absolute atomic E-state index is 0.00892. The van der Waals surface area contributed by atoms with Gasteiger partial charge in [-0.3, -0.25) is 4.79 Å². The fourth-order valence-electron chi connectivity index (χ4n) is 3.10. The highest BCUT2D eigenvalue weighted by atomic mass is 32.2. The third-order valence-electron chi connectivity index (χ3n) is 4.76. The normalized spacial score (nSPS) is 14.2. The summed E-state index contributed by atoms with van der Waals surface area (Å²) in [6, 6.07) is 7.63. The van der Waals surface area contributed by atoms with Crippen LogP contribution in [0.25, 0.3) is 0 Å². The lowest BCUT2D eigenvalue weighted by molar-refractivity contribution is 0.0568. The molecule has 0 unspecified atom stereocenters. The molecule has 0 N–H and O–H groups in total. The highest BCUT2D eigenvalue weighted by molar-refractivity contribution is 7.98. The molecule has 0 bridgehead atoms. The van der Waals surface area contributed by atoms with Crippen LogP contribution in [0.5, 0.6) is 0 Å². The molecule has 0 spiro atoms. The molecule has 1 fully saturated rings. The number of aryl methyl sites for hydroxylation is 2. The minimum atomic E-state index is -0.315. The second kappa shape index (κ2) is 9.14. The van der Waals surface area contributed by atoms with Gasteiger partial charge in [0.2, 0.25) is 0 Å². The lowest BCUT2D eigenvalue weighted by Gasteiger charge is -2.34. The first kappa shape index (κ1) is 20.3. The fraction of sp³-hybridized carbons (Fsp3) is 0.450. The Kier molecular flexibility index (Phi) is 6.61. The molecule has 1 saturated heterocycles. The molecule has 0 radical (unpaired) electrons. The fourth-order valence-corrected chi connectivity index (χ4v) is 4.30. The molecule has 7 nitrogen and oxygen atoms in total. The van der Waals surface area contributed by atoms with Crippen LogP contribution in [0.15, 0.2) is 33.7 Å². The summed E-state index contributed by atoms with van der Waals surface area (Å²) in [5.74, 6) is 1.50. The smallest absolute Gasteiger partial charge is 0.409 e. The van der Waals surface area contributed by atoms with Gasteiger partial charge in [-0.15, -0.1) is 11.8 Å². The van der Waals surface area contributed by atoms with Crippen molar-refractivity contribution >= 4 is 23.8 Å². The molecule has 2 amide bonds. The highest BCUT2D eigenvalue weighted by Crippen LogP contribution is 2.29. The Morgan fingerprint density at radius 1 is 1.14 bits per heavy atom. The number of rotatable bonds is 5. The van der Waals surface area contributed by atoms with Crippen molar-refractivity contribution in [2.45, 2.75) is 31.4 Å². The zero-order chi connectivity index (χ0) is 20.1. The molecule has 0 aliphatic carbocycles. The molecule has 3 rings (SSSR count). The van der Waals surface area contributed by atoms with E-state index in [1.165, 1.54) is 0 Å². The second-order valence-corrected chi connectivity index (χ2v) is 7.58. The topological polar surface area (TPSA) is 75.9 Å². The highest BCUT2D eigenvalue weighted by Gasteiger charge is 2.26. The molecule has 2 heterocycles. The molecule has 1 aromatic carbocycles. The van der Waals surface area contributed by atoms with Crippen molar-refractivity contribution in [3.05, 3.63) is 46.8 Å². The zero-order valence-electron chi connectivity index (χ0n) is 16.4. The van der Waals surface area contributed by atoms with Crippen LogP contribution in [0.1, 0.15) is 34.3 Å². The third-order valence-corrected chi connectivity index (χ3v) is 5.86. The van der Waals surface area contributed by atoms with Gasteiger partial charge in [-0.2, -0.15) is 0 Å². The zero-order valence-corrected chi connectivity index (χ0v) is 17.3. The summed E-state index contributed by atoms with van der Waals surface area (Å²) in [4.78, 5) is 29.3. The van der Waals surface area contributed by atoms with E-state index in [4.69, 9.17) is 9.26 Å². The molecule has 8 heteroatoms. The Morgan fingerprint density at radius 2 is 1.82 bits per heavy atom. The molecule has 2 aromatic rings. The van der Waals surface area contributed by atoms with E-state index in [9.17, 15) is 9.59 Å². The second-order valence-electron chi connectivity index (χ2n) is 6.57. The summed E-state index contributed by atoms with van der Waals surface area (Å²) in [7, 11) is 0. The Labute approximate surface area is 169 Å². The molecule has 28 heavy (non-hydrogen) atoms. The van der Waals surface area contributed by atoms with Crippen molar-refractivity contribution in [2.75, 3.05) is 32.8 Å². The van der Waals surface area contributed by atoms with E-state index in [0.29, 0.717) is 44.1 Å². The Balaban J connectivity index is 1.66. The number of carbonyl (C=O) groups excluding carboxylic acids is 2. The number of nitrogens with zero attached hydrogens (tertiary/aromatic N) is 3. The van der Waals surface area contributed by atoms with E-state index in [0.717, 1.165) is 21.9 Å². The first-order valence-corrected chi connectivity index (χ1v) is 10.3. The monoisotopic (exact) mass is 403 g/mol. The van der Waals surface area contributed by atoms with Gasteiger partial charge in [0.05, 0.1) is 17.9 Å². The molecular formula is C20H25N3O4S. The van der Waals surface area contributed by atoms with Gasteiger partial charge in [0.1, 0.15) is 5.76 Å². The Hall–Kier alpha value is -2.48. The summed E-state index contributed by atoms with van der Waals surface area (Å²) in [6.07, 6.45) is -0.315. The maximum atomic E-state index is 13.1. The number of ether oxygens (including phenoxy) is 1. The molecule has 150 valence electrons. The van der Waals surface area contributed by atoms with Crippen LogP contribution in [0.3, 0.4) is 0 Å². The Bertz CT molecular complexity index is 824. The SMILES string of the molecule is CCOC(=O)N1CCN(C(=O)c2ccccc2SCc2c(C)noc2C)CC1. The van der Waals surface area contributed by atoms with E-state index >= 15 is 0 Å². The lowest BCUT2D eigenvalue weighted by Crippen LogP contribution is -2.50. The van der Waals surface area contributed by atoms with Crippen LogP contribution >= 0.6 is 11.8 Å². The van der Waals surface area contributed by atoms with Gasteiger partial charge in [-0.05, 0) is 32.9 Å². The molecule has 1 aliphatic rings. The van der Waals surface area contributed by atoms with Gasteiger partial charge in [-0.25, -0.2) is 4.79 Å². The van der Waals surface area contributed by atoms with Crippen LogP contribution in [0, 0.1) is 13.8 Å². The van der Waals surface area contributed by atoms with E-state index in [1.807, 2.05) is 38.1 Å². The van der Waals surface area contributed by atoms with Crippen LogP contribution < -0.4 is 0 Å². The average Bonchev–Trinajstić information content (AvgIpc) is 3.04. The standard InChI is InChI=1S/C20H25N3O4S/c1-4-26-20(25)23-11-9-22(10-12-23)19(24)16-7-5-6-8-18(16)28-13-17-14(2)21-27-15(17)3/h5-8H,4,9-13H2,1-3H3. The van der Waals surface area contributed by atoms with Gasteiger partial charge in [-0.1, -0.05) is 17.3 Å². The first-order valence-electron chi connectivity index (χ1n) is 9.35. The minimum Gasteiger partial charge on any atom is -0.450 e. The summed E-state index contributed by atoms with van der Waals surface area (Å²) in [5, 5.41) is 3.99. The summed E-state index contributed by atoms with van der Waals surface area (Å²) >= 11 is 1.61. The number of piperazine rings is 1. The van der Waals surface area contributed by atoms with Crippen LogP contribution in [0.4, 0.5) is 4.79 Å². The number of aromatic nitrogens is 1. The number of benzene rings is 1. The van der Waals surface area contributed by atoms with Crippen LogP contribution in [-0.2, 0) is 10.5 Å². The van der Waals surface area contributed by atoms with Gasteiger partial charge in [0, 0.05) is 42.4 Å². The lowest BCUT2D eigenvalue weighted by atomic mass is 10.2. The van der Waals surface area contributed by atoms with Gasteiger partial charge in [0.25, 0.3) is 5.91 Å². The Morgan fingerprint density at radius 3 is 2.46 bits per heavy atom. The first-order chi connectivity index (χ1) is 13.5. The molecule has 0 atom stereocenters. The van der Waals surface area contributed by atoms with Crippen molar-refractivity contribution in [2.24, 2.45) is 0 Å². The quantitative estimate of drug-likeness (QED) is 0.711. The molecule has 1 aliphatic heterocycles. The summed E-state index contributed by atoms with van der Waals surface area (Å²) in [5.41, 5.74) is 2.63. The average molecular weight is 404 g/mol. The maximum absolute atomic E-state index is 13.1. The van der Waals surface area contributed by atoms with Crippen molar-refractivity contribution in [3.63, 3.8) is 0 Å². The number of carbonyl (C=O) groups is 2. The van der Waals surface area contributed by atoms with Gasteiger partial charge >= 0.3 is 6.09 Å². The number of hydrogen-bond donors (Lipinski definition) is 0. The maximum Gasteiger partial charge on any atom is 0.409 e. The van der Waals surface area contributed by atoms with E-state index in [2.05, 4.69) is 5.16 Å². The van der Waals surface area contributed by atoms with E-state index in [-0.39, 0.29) is 12.0 Å². The largest absolute Gasteiger partial charge is 0.450 e. The molecule has 0 saturated carbocycles. The van der Waals surface area contributed by atoms with Gasteiger partial charge in [0.15, 0.2) is 0 Å². The van der Waals surface area contributed by atoms with E-state index in [1.54, 1.807) is 28.5 Å². The predicted octanol–water partition coefficient (Wildman–Crippen LogP) is 3.50. The third kappa shape index (κ3) is 4.49. The molecular weight excluding hydrogens is 378 g/mol. The van der Waals surface area contributed by atoms with Crippen molar-refractivity contribution in [1.82, 2.24) is 15.0 Å². The summed E-state index contributed by atoms with van der Waals surface area (Å²) < 4.78 is 10.3. The number of amides is 2. The van der Waals surface area contributed by atoms with Crippen molar-refractivity contribution in [3.8, 4) is 0 Å². The van der Waals surface area contributed by atoms with Crippen molar-refractivity contribution < 1.29 is 18.8 Å².